The summed E-state index contributed by atoms with van der Waals surface area (Å²) in [5, 5.41) is 11.0. The summed E-state index contributed by atoms with van der Waals surface area (Å²) in [5.41, 5.74) is 1.78. The zero-order chi connectivity index (χ0) is 14.8. The lowest BCUT2D eigenvalue weighted by atomic mass is 9.91. The Morgan fingerprint density at radius 1 is 1.52 bits per heavy atom. The number of hydrogen-bond donors (Lipinski definition) is 1. The average Bonchev–Trinajstić information content (AvgIpc) is 2.76. The molecule has 0 bridgehead atoms. The molecule has 0 spiro atoms. The molecule has 1 aliphatic carbocycles. The van der Waals surface area contributed by atoms with Crippen LogP contribution in [0.4, 0.5) is 0 Å². The van der Waals surface area contributed by atoms with Crippen molar-refractivity contribution in [2.24, 2.45) is 0 Å². The van der Waals surface area contributed by atoms with Gasteiger partial charge in [-0.3, -0.25) is 14.1 Å². The van der Waals surface area contributed by atoms with Crippen molar-refractivity contribution in [3.05, 3.63) is 33.2 Å². The van der Waals surface area contributed by atoms with Gasteiger partial charge in [0.2, 0.25) is 0 Å². The van der Waals surface area contributed by atoms with E-state index in [0.717, 1.165) is 29.3 Å². The van der Waals surface area contributed by atoms with Gasteiger partial charge in [-0.15, -0.1) is 11.3 Å². The summed E-state index contributed by atoms with van der Waals surface area (Å²) in [6.45, 7) is 3.70. The highest BCUT2D eigenvalue weighted by molar-refractivity contribution is 7.15. The van der Waals surface area contributed by atoms with E-state index >= 15 is 0 Å². The van der Waals surface area contributed by atoms with E-state index in [0.29, 0.717) is 12.6 Å². The molecule has 2 heterocycles. The van der Waals surface area contributed by atoms with Gasteiger partial charge in [0.05, 0.1) is 5.69 Å². The molecular weight excluding hydrogens is 286 g/mol. The first kappa shape index (κ1) is 14.7. The Morgan fingerprint density at radius 2 is 2.33 bits per heavy atom. The van der Waals surface area contributed by atoms with Crippen molar-refractivity contribution < 1.29 is 5.11 Å². The predicted molar refractivity (Wildman–Crippen MR) is 83.8 cm³/mol. The quantitative estimate of drug-likeness (QED) is 0.884. The fraction of sp³-hybridized carbons (Fsp3) is 0.600. The fourth-order valence-corrected chi connectivity index (χ4v) is 3.70. The minimum atomic E-state index is 0.00414. The van der Waals surface area contributed by atoms with Gasteiger partial charge in [0.15, 0.2) is 4.96 Å². The van der Waals surface area contributed by atoms with Gasteiger partial charge in [-0.05, 0) is 26.2 Å². The summed E-state index contributed by atoms with van der Waals surface area (Å²) in [4.78, 5) is 20.0. The minimum Gasteiger partial charge on any atom is -0.396 e. The van der Waals surface area contributed by atoms with Crippen molar-refractivity contribution in [3.63, 3.8) is 0 Å². The molecule has 3 rings (SSSR count). The second kappa shape index (κ2) is 6.25. The van der Waals surface area contributed by atoms with Crippen molar-refractivity contribution in [3.8, 4) is 0 Å². The number of rotatable bonds is 6. The minimum absolute atomic E-state index is 0.00414. The topological polar surface area (TPSA) is 57.8 Å². The molecule has 0 amide bonds. The Bertz CT molecular complexity index is 675. The van der Waals surface area contributed by atoms with Crippen molar-refractivity contribution in [1.82, 2.24) is 14.3 Å². The number of thiazole rings is 1. The third kappa shape index (κ3) is 3.02. The first-order chi connectivity index (χ1) is 10.2. The van der Waals surface area contributed by atoms with Crippen LogP contribution >= 0.6 is 11.3 Å². The van der Waals surface area contributed by atoms with Gasteiger partial charge in [0.1, 0.15) is 0 Å². The molecule has 1 fully saturated rings. The molecule has 2 aromatic rings. The van der Waals surface area contributed by atoms with Gasteiger partial charge in [-0.1, -0.05) is 6.42 Å². The second-order valence-electron chi connectivity index (χ2n) is 5.71. The smallest absolute Gasteiger partial charge is 0.259 e. The molecule has 114 valence electrons. The van der Waals surface area contributed by atoms with E-state index in [-0.39, 0.29) is 12.2 Å². The van der Waals surface area contributed by atoms with Gasteiger partial charge in [0.25, 0.3) is 5.56 Å². The molecule has 0 atom stereocenters. The van der Waals surface area contributed by atoms with Crippen LogP contribution in [0, 0.1) is 6.92 Å². The van der Waals surface area contributed by atoms with E-state index in [9.17, 15) is 4.79 Å². The SMILES string of the molecule is Cc1csc2nc(CN(CCCO)C3CCC3)cc(=O)n12. The lowest BCUT2D eigenvalue weighted by Crippen LogP contribution is -2.40. The predicted octanol–water partition coefficient (Wildman–Crippen LogP) is 1.80. The molecule has 1 N–H and O–H groups in total. The van der Waals surface area contributed by atoms with E-state index in [1.165, 1.54) is 30.6 Å². The monoisotopic (exact) mass is 307 g/mol. The highest BCUT2D eigenvalue weighted by Gasteiger charge is 2.25. The van der Waals surface area contributed by atoms with Crippen LogP contribution in [0.15, 0.2) is 16.2 Å². The van der Waals surface area contributed by atoms with Crippen molar-refractivity contribution in [2.45, 2.75) is 45.2 Å². The van der Waals surface area contributed by atoms with E-state index in [2.05, 4.69) is 9.88 Å². The molecule has 0 unspecified atom stereocenters. The number of aryl methyl sites for hydroxylation is 1. The Morgan fingerprint density at radius 3 is 3.00 bits per heavy atom. The third-order valence-electron chi connectivity index (χ3n) is 4.19. The van der Waals surface area contributed by atoms with Crippen LogP contribution in [0.25, 0.3) is 4.96 Å². The van der Waals surface area contributed by atoms with E-state index in [1.54, 1.807) is 10.5 Å². The maximum Gasteiger partial charge on any atom is 0.259 e. The molecule has 21 heavy (non-hydrogen) atoms. The largest absolute Gasteiger partial charge is 0.396 e. The van der Waals surface area contributed by atoms with Gasteiger partial charge in [-0.25, -0.2) is 4.98 Å². The Hall–Kier alpha value is -1.24. The molecule has 0 aliphatic heterocycles. The number of nitrogens with zero attached hydrogens (tertiary/aromatic N) is 3. The Labute approximate surface area is 127 Å². The first-order valence-corrected chi connectivity index (χ1v) is 8.38. The Balaban J connectivity index is 1.83. The van der Waals surface area contributed by atoms with Crippen LogP contribution in [0.2, 0.25) is 0 Å². The number of aliphatic hydroxyl groups is 1. The average molecular weight is 307 g/mol. The maximum absolute atomic E-state index is 12.2. The molecule has 0 radical (unpaired) electrons. The Kier molecular flexibility index (Phi) is 4.37. The standard InChI is InChI=1S/C15H21N3O2S/c1-11-10-21-15-16-12(8-14(20)18(11)15)9-17(6-3-7-19)13-4-2-5-13/h8,10,13,19H,2-7,9H2,1H3. The third-order valence-corrected chi connectivity index (χ3v) is 5.13. The first-order valence-electron chi connectivity index (χ1n) is 7.50. The lowest BCUT2D eigenvalue weighted by Gasteiger charge is -2.37. The summed E-state index contributed by atoms with van der Waals surface area (Å²) >= 11 is 1.51. The molecule has 1 saturated carbocycles. The number of aliphatic hydroxyl groups excluding tert-OH is 1. The normalized spacial score (nSPS) is 15.8. The fourth-order valence-electron chi connectivity index (χ4n) is 2.81. The van der Waals surface area contributed by atoms with Crippen molar-refractivity contribution >= 4 is 16.3 Å². The highest BCUT2D eigenvalue weighted by atomic mass is 32.1. The van der Waals surface area contributed by atoms with Gasteiger partial charge in [0, 0.05) is 42.9 Å². The summed E-state index contributed by atoms with van der Waals surface area (Å²) in [7, 11) is 0. The molecule has 0 saturated heterocycles. The molecular formula is C15H21N3O2S. The molecule has 6 heteroatoms. The maximum atomic E-state index is 12.2. The van der Waals surface area contributed by atoms with Crippen molar-refractivity contribution in [2.75, 3.05) is 13.2 Å². The van der Waals surface area contributed by atoms with Crippen LogP contribution in [0.5, 0.6) is 0 Å². The van der Waals surface area contributed by atoms with Crippen LogP contribution in [-0.4, -0.2) is 38.6 Å². The van der Waals surface area contributed by atoms with E-state index < -0.39 is 0 Å². The zero-order valence-electron chi connectivity index (χ0n) is 12.3. The van der Waals surface area contributed by atoms with Crippen LogP contribution in [0.3, 0.4) is 0 Å². The van der Waals surface area contributed by atoms with Gasteiger partial charge >= 0.3 is 0 Å². The summed E-state index contributed by atoms with van der Waals surface area (Å²) in [6, 6.07) is 2.24. The number of fused-ring (bicyclic) bond motifs is 1. The van der Waals surface area contributed by atoms with Crippen molar-refractivity contribution in [1.29, 1.82) is 0 Å². The highest BCUT2D eigenvalue weighted by Crippen LogP contribution is 2.26. The molecule has 0 aromatic carbocycles. The van der Waals surface area contributed by atoms with Crippen LogP contribution < -0.4 is 5.56 Å². The van der Waals surface area contributed by atoms with E-state index in [4.69, 9.17) is 5.11 Å². The van der Waals surface area contributed by atoms with Crippen LogP contribution in [0.1, 0.15) is 37.1 Å². The molecule has 5 nitrogen and oxygen atoms in total. The summed E-state index contributed by atoms with van der Waals surface area (Å²) < 4.78 is 1.66. The number of aromatic nitrogens is 2. The molecule has 1 aliphatic rings. The summed E-state index contributed by atoms with van der Waals surface area (Å²) in [6.07, 6.45) is 4.48. The second-order valence-corrected chi connectivity index (χ2v) is 6.55. The molecule has 2 aromatic heterocycles. The number of hydrogen-bond acceptors (Lipinski definition) is 5. The lowest BCUT2D eigenvalue weighted by molar-refractivity contribution is 0.108. The zero-order valence-corrected chi connectivity index (χ0v) is 13.1. The summed E-state index contributed by atoms with van der Waals surface area (Å²) in [5.74, 6) is 0. The van der Waals surface area contributed by atoms with E-state index in [1.807, 2.05) is 12.3 Å². The van der Waals surface area contributed by atoms with Crippen LogP contribution in [-0.2, 0) is 6.54 Å². The van der Waals surface area contributed by atoms with Gasteiger partial charge in [-0.2, -0.15) is 0 Å². The van der Waals surface area contributed by atoms with Gasteiger partial charge < -0.3 is 5.11 Å².